The molecule has 8 aliphatic rings. The molecule has 0 aromatic carbocycles. The Kier molecular flexibility index (Phi) is 17.7. The van der Waals surface area contributed by atoms with Gasteiger partial charge in [-0.05, 0) is 236 Å². The van der Waals surface area contributed by atoms with E-state index in [1.165, 1.54) is 167 Å². The van der Waals surface area contributed by atoms with Gasteiger partial charge in [0.05, 0.1) is 24.0 Å². The number of esters is 2. The average molecular weight is 932 g/mol. The molecule has 0 radical (unpaired) electrons. The fourth-order valence-electron chi connectivity index (χ4n) is 17.7. The number of carbonyl (C=O) groups is 2. The zero-order chi connectivity index (χ0) is 47.4. The molecule has 0 aromatic rings. The summed E-state index contributed by atoms with van der Waals surface area (Å²) in [6.45, 7) is 20.3. The first-order valence-corrected chi connectivity index (χ1v) is 30.1. The molecule has 5 nitrogen and oxygen atoms in total. The first kappa shape index (κ1) is 52.2. The van der Waals surface area contributed by atoms with Crippen LogP contribution in [0.25, 0.3) is 0 Å². The van der Waals surface area contributed by atoms with Crippen molar-refractivity contribution in [3.05, 3.63) is 0 Å². The molecule has 0 heterocycles. The summed E-state index contributed by atoms with van der Waals surface area (Å²) in [5.41, 5.74) is 1.34. The summed E-state index contributed by atoms with van der Waals surface area (Å²) in [5.74, 6) is 6.38. The molecule has 0 N–H and O–H groups in total. The first-order valence-electron chi connectivity index (χ1n) is 30.1. The molecular weight excluding hydrogens is 825 g/mol. The molecule has 0 bridgehead atoms. The quantitative estimate of drug-likeness (QED) is 0.162. The van der Waals surface area contributed by atoms with Gasteiger partial charge in [0.2, 0.25) is 0 Å². The van der Waals surface area contributed by atoms with Crippen LogP contribution in [0, 0.1) is 80.8 Å². The maximum absolute atomic E-state index is 13.7. The van der Waals surface area contributed by atoms with Gasteiger partial charge in [0.15, 0.2) is 0 Å². The van der Waals surface area contributed by atoms with Crippen LogP contribution in [-0.2, 0) is 23.8 Å². The molecule has 5 heteroatoms. The van der Waals surface area contributed by atoms with Gasteiger partial charge in [-0.25, -0.2) is 0 Å². The van der Waals surface area contributed by atoms with E-state index in [4.69, 9.17) is 14.2 Å². The number of carbonyl (C=O) groups excluding carboxylic acids is 2. The molecule has 0 spiro atoms. The second kappa shape index (κ2) is 22.8. The zero-order valence-electron chi connectivity index (χ0n) is 45.2. The molecule has 0 amide bonds. The Hall–Kier alpha value is -1.10. The van der Waals surface area contributed by atoms with Crippen molar-refractivity contribution in [3.8, 4) is 0 Å². The Morgan fingerprint density at radius 1 is 0.284 bits per heavy atom. The van der Waals surface area contributed by atoms with E-state index >= 15 is 0 Å². The van der Waals surface area contributed by atoms with Crippen LogP contribution in [0.15, 0.2) is 0 Å². The Morgan fingerprint density at radius 2 is 0.537 bits per heavy atom. The van der Waals surface area contributed by atoms with Gasteiger partial charge < -0.3 is 14.2 Å². The van der Waals surface area contributed by atoms with Gasteiger partial charge in [-0.15, -0.1) is 0 Å². The lowest BCUT2D eigenvalue weighted by molar-refractivity contribution is -0.160. The summed E-state index contributed by atoms with van der Waals surface area (Å²) in [6, 6.07) is 0. The predicted octanol–water partition coefficient (Wildman–Crippen LogP) is 17.2. The molecule has 8 aliphatic carbocycles. The zero-order valence-corrected chi connectivity index (χ0v) is 45.2. The minimum atomic E-state index is 0.0911. The highest BCUT2D eigenvalue weighted by Crippen LogP contribution is 2.54. The standard InChI is InChI=1S/C62H106O5/c1-59(2,45-19-11-9-12-20-45)47-29-37-55(38-30-47)66-57(63)43-17-15-23-51(41-43)61(5,6)49-25-33-53(34-26-49)65-54-35-27-50(28-36-54)62(7,8)52-24-16-18-44(42-52)58(64)67-56-39-31-48(32-40-56)60(3,4)46-21-13-10-14-22-46/h43-56H,9-42H2,1-8H3. The monoisotopic (exact) mass is 931 g/mol. The third-order valence-corrected chi connectivity index (χ3v) is 23.3. The van der Waals surface area contributed by atoms with E-state index in [9.17, 15) is 9.59 Å². The van der Waals surface area contributed by atoms with Crippen molar-refractivity contribution in [2.24, 2.45) is 80.8 Å². The van der Waals surface area contributed by atoms with Crippen LogP contribution in [0.1, 0.15) is 274 Å². The van der Waals surface area contributed by atoms with Crippen LogP contribution in [0.5, 0.6) is 0 Å². The lowest BCUT2D eigenvalue weighted by Gasteiger charge is -2.48. The molecule has 4 atom stereocenters. The molecule has 384 valence electrons. The molecule has 4 unspecified atom stereocenters. The van der Waals surface area contributed by atoms with Crippen LogP contribution in [0.2, 0.25) is 0 Å². The van der Waals surface area contributed by atoms with Crippen molar-refractivity contribution in [2.75, 3.05) is 0 Å². The fourth-order valence-corrected chi connectivity index (χ4v) is 17.7. The van der Waals surface area contributed by atoms with Crippen LogP contribution in [0.3, 0.4) is 0 Å². The van der Waals surface area contributed by atoms with Crippen molar-refractivity contribution >= 4 is 11.9 Å². The number of rotatable bonds is 14. The normalized spacial score (nSPS) is 37.4. The summed E-state index contributed by atoms with van der Waals surface area (Å²) in [6.07, 6.45) is 43.2. The number of hydrogen-bond acceptors (Lipinski definition) is 5. The summed E-state index contributed by atoms with van der Waals surface area (Å²) >= 11 is 0. The minimum Gasteiger partial charge on any atom is -0.462 e. The van der Waals surface area contributed by atoms with Crippen molar-refractivity contribution in [1.29, 1.82) is 0 Å². The van der Waals surface area contributed by atoms with Gasteiger partial charge >= 0.3 is 11.9 Å². The van der Waals surface area contributed by atoms with E-state index in [2.05, 4.69) is 55.4 Å². The summed E-state index contributed by atoms with van der Waals surface area (Å²) in [5, 5.41) is 0. The third kappa shape index (κ3) is 12.6. The largest absolute Gasteiger partial charge is 0.462 e. The van der Waals surface area contributed by atoms with E-state index in [1.807, 2.05) is 0 Å². The van der Waals surface area contributed by atoms with Crippen molar-refractivity contribution in [3.63, 3.8) is 0 Å². The molecule has 8 saturated carbocycles. The molecule has 0 aliphatic heterocycles. The van der Waals surface area contributed by atoms with Gasteiger partial charge in [-0.1, -0.05) is 107 Å². The molecular formula is C62H106O5. The van der Waals surface area contributed by atoms with E-state index in [-0.39, 0.29) is 46.8 Å². The van der Waals surface area contributed by atoms with Crippen LogP contribution in [0.4, 0.5) is 0 Å². The highest BCUT2D eigenvalue weighted by Gasteiger charge is 2.47. The lowest BCUT2D eigenvalue weighted by atomic mass is 9.59. The smallest absolute Gasteiger partial charge is 0.309 e. The van der Waals surface area contributed by atoms with Crippen molar-refractivity contribution < 1.29 is 23.8 Å². The molecule has 8 fully saturated rings. The van der Waals surface area contributed by atoms with E-state index < -0.39 is 0 Å². The maximum atomic E-state index is 13.7. The van der Waals surface area contributed by atoms with Crippen molar-refractivity contribution in [2.45, 2.75) is 298 Å². The highest BCUT2D eigenvalue weighted by molar-refractivity contribution is 5.73. The third-order valence-electron chi connectivity index (χ3n) is 23.3. The maximum Gasteiger partial charge on any atom is 0.309 e. The minimum absolute atomic E-state index is 0.0911. The first-order chi connectivity index (χ1) is 32.0. The number of hydrogen-bond donors (Lipinski definition) is 0. The topological polar surface area (TPSA) is 61.8 Å². The predicted molar refractivity (Wildman–Crippen MR) is 275 cm³/mol. The van der Waals surface area contributed by atoms with Gasteiger partial charge in [-0.3, -0.25) is 9.59 Å². The fraction of sp³-hybridized carbons (Fsp3) is 0.968. The SMILES string of the molecule is CC(C)(C1CCCCC1)C1CCC(OC(=O)C2CCCC(C(C)(C)C3CCC(OC4CCC(C(C)(C)C5CCCC(C(=O)OC6CCC(C(C)(C)C7CCCCC7)CC6)C5)CC4)CC3)C2)CC1. The van der Waals surface area contributed by atoms with Gasteiger partial charge in [0.25, 0.3) is 0 Å². The van der Waals surface area contributed by atoms with E-state index in [0.717, 1.165) is 75.0 Å². The second-order valence-electron chi connectivity index (χ2n) is 28.0. The Bertz CT molecular complexity index is 1420. The van der Waals surface area contributed by atoms with Crippen LogP contribution in [-0.4, -0.2) is 36.4 Å². The van der Waals surface area contributed by atoms with Crippen LogP contribution < -0.4 is 0 Å². The van der Waals surface area contributed by atoms with Crippen molar-refractivity contribution in [1.82, 2.24) is 0 Å². The van der Waals surface area contributed by atoms with E-state index in [0.29, 0.717) is 46.7 Å². The summed E-state index contributed by atoms with van der Waals surface area (Å²) in [7, 11) is 0. The van der Waals surface area contributed by atoms with E-state index in [1.54, 1.807) is 0 Å². The molecule has 67 heavy (non-hydrogen) atoms. The summed E-state index contributed by atoms with van der Waals surface area (Å²) in [4.78, 5) is 27.5. The summed E-state index contributed by atoms with van der Waals surface area (Å²) < 4.78 is 19.7. The van der Waals surface area contributed by atoms with Gasteiger partial charge in [-0.2, -0.15) is 0 Å². The lowest BCUT2D eigenvalue weighted by Crippen LogP contribution is -2.42. The molecule has 0 aromatic heterocycles. The van der Waals surface area contributed by atoms with Gasteiger partial charge in [0.1, 0.15) is 12.2 Å². The molecule has 8 rings (SSSR count). The second-order valence-corrected chi connectivity index (χ2v) is 28.0. The Balaban J connectivity index is 0.720. The Morgan fingerprint density at radius 3 is 0.851 bits per heavy atom. The Labute approximate surface area is 413 Å². The number of ether oxygens (including phenoxy) is 3. The van der Waals surface area contributed by atoms with Gasteiger partial charge in [0, 0.05) is 0 Å². The highest BCUT2D eigenvalue weighted by atomic mass is 16.5. The van der Waals surface area contributed by atoms with Crippen LogP contribution >= 0.6 is 0 Å². The molecule has 0 saturated heterocycles. The average Bonchev–Trinajstić information content (AvgIpc) is 3.35.